The molecule has 0 rings (SSSR count). The number of hydrogen-bond donors (Lipinski definition) is 2. The van der Waals surface area contributed by atoms with Crippen molar-refractivity contribution in [2.45, 2.75) is 33.6 Å². The third-order valence-electron chi connectivity index (χ3n) is 1.57. The second kappa shape index (κ2) is 5.56. The van der Waals surface area contributed by atoms with E-state index in [0.29, 0.717) is 5.41 Å². The fraction of sp³-hybridized carbons (Fsp3) is 1.00. The molecule has 0 aromatic carbocycles. The molecule has 0 aromatic rings. The van der Waals surface area contributed by atoms with Crippen LogP contribution in [0.1, 0.15) is 33.6 Å². The van der Waals surface area contributed by atoms with Crippen LogP contribution in [0.5, 0.6) is 0 Å². The summed E-state index contributed by atoms with van der Waals surface area (Å²) in [6.45, 7) is 8.74. The first-order valence-corrected chi connectivity index (χ1v) is 4.38. The van der Waals surface area contributed by atoms with Gasteiger partial charge in [0.2, 0.25) is 0 Å². The minimum absolute atomic E-state index is 0.246. The maximum Gasteiger partial charge on any atom is 0.0555 e. The Kier molecular flexibility index (Phi) is 5.51. The van der Waals surface area contributed by atoms with Crippen LogP contribution in [0.15, 0.2) is 0 Å². The summed E-state index contributed by atoms with van der Waals surface area (Å²) >= 11 is 0. The van der Waals surface area contributed by atoms with Crippen LogP contribution in [-0.2, 0) is 0 Å². The van der Waals surface area contributed by atoms with Gasteiger partial charge < -0.3 is 10.4 Å². The molecule has 0 unspecified atom stereocenters. The summed E-state index contributed by atoms with van der Waals surface area (Å²) in [5.41, 5.74) is 0.445. The lowest BCUT2D eigenvalue weighted by Gasteiger charge is -2.17. The van der Waals surface area contributed by atoms with E-state index >= 15 is 0 Å². The molecular weight excluding hydrogens is 138 g/mol. The summed E-state index contributed by atoms with van der Waals surface area (Å²) in [4.78, 5) is 0. The lowest BCUT2D eigenvalue weighted by molar-refractivity contribution is 0.289. The lowest BCUT2D eigenvalue weighted by atomic mass is 9.91. The molecule has 11 heavy (non-hydrogen) atoms. The van der Waals surface area contributed by atoms with Gasteiger partial charge in [-0.05, 0) is 24.8 Å². The Hall–Kier alpha value is -0.0800. The van der Waals surface area contributed by atoms with Gasteiger partial charge in [-0.1, -0.05) is 20.8 Å². The summed E-state index contributed by atoms with van der Waals surface area (Å²) in [7, 11) is 0. The Morgan fingerprint density at radius 1 is 1.18 bits per heavy atom. The third-order valence-corrected chi connectivity index (χ3v) is 1.57. The van der Waals surface area contributed by atoms with Gasteiger partial charge in [0, 0.05) is 6.54 Å². The van der Waals surface area contributed by atoms with Gasteiger partial charge in [0.15, 0.2) is 0 Å². The van der Waals surface area contributed by atoms with Crippen LogP contribution in [0.3, 0.4) is 0 Å². The van der Waals surface area contributed by atoms with E-state index in [1.54, 1.807) is 0 Å². The Bertz CT molecular complexity index is 86.1. The normalized spacial score (nSPS) is 12.0. The second-order valence-corrected chi connectivity index (χ2v) is 4.14. The average Bonchev–Trinajstić information content (AvgIpc) is 1.85. The molecule has 2 heteroatoms. The zero-order valence-electron chi connectivity index (χ0n) is 7.98. The highest BCUT2D eigenvalue weighted by Gasteiger charge is 2.08. The second-order valence-electron chi connectivity index (χ2n) is 4.14. The van der Waals surface area contributed by atoms with Crippen molar-refractivity contribution in [2.24, 2.45) is 5.41 Å². The van der Waals surface area contributed by atoms with Gasteiger partial charge in [-0.25, -0.2) is 0 Å². The fourth-order valence-corrected chi connectivity index (χ4v) is 0.948. The molecule has 0 aliphatic heterocycles. The van der Waals surface area contributed by atoms with Crippen molar-refractivity contribution in [3.63, 3.8) is 0 Å². The summed E-state index contributed by atoms with van der Waals surface area (Å²) in [6.07, 6.45) is 2.44. The predicted octanol–water partition coefficient (Wildman–Crippen LogP) is 1.39. The van der Waals surface area contributed by atoms with Crippen molar-refractivity contribution in [3.05, 3.63) is 0 Å². The molecule has 0 radical (unpaired) electrons. The first-order chi connectivity index (χ1) is 5.06. The maximum absolute atomic E-state index is 8.46. The number of aliphatic hydroxyl groups is 1. The fourth-order valence-electron chi connectivity index (χ4n) is 0.948. The molecule has 2 nitrogen and oxygen atoms in total. The van der Waals surface area contributed by atoms with Crippen molar-refractivity contribution in [1.29, 1.82) is 0 Å². The van der Waals surface area contributed by atoms with Crippen LogP contribution in [0.4, 0.5) is 0 Å². The molecule has 0 aliphatic carbocycles. The summed E-state index contributed by atoms with van der Waals surface area (Å²) < 4.78 is 0. The topological polar surface area (TPSA) is 32.3 Å². The van der Waals surface area contributed by atoms with Gasteiger partial charge in [0.25, 0.3) is 0 Å². The van der Waals surface area contributed by atoms with E-state index in [1.165, 1.54) is 12.8 Å². The largest absolute Gasteiger partial charge is 0.395 e. The van der Waals surface area contributed by atoms with E-state index in [1.807, 2.05) is 0 Å². The van der Waals surface area contributed by atoms with Crippen molar-refractivity contribution in [2.75, 3.05) is 19.7 Å². The number of nitrogens with one attached hydrogen (secondary N) is 1. The monoisotopic (exact) mass is 159 g/mol. The number of aliphatic hydroxyl groups excluding tert-OH is 1. The van der Waals surface area contributed by atoms with Gasteiger partial charge >= 0.3 is 0 Å². The van der Waals surface area contributed by atoms with Gasteiger partial charge in [-0.15, -0.1) is 0 Å². The zero-order chi connectivity index (χ0) is 8.74. The summed E-state index contributed by atoms with van der Waals surface area (Å²) in [6, 6.07) is 0. The smallest absolute Gasteiger partial charge is 0.0555 e. The van der Waals surface area contributed by atoms with E-state index in [9.17, 15) is 0 Å². The highest BCUT2D eigenvalue weighted by Crippen LogP contribution is 2.19. The lowest BCUT2D eigenvalue weighted by Crippen LogP contribution is -2.20. The van der Waals surface area contributed by atoms with Crippen molar-refractivity contribution < 1.29 is 5.11 Å². The molecular formula is C9H21NO. The average molecular weight is 159 g/mol. The third kappa shape index (κ3) is 9.92. The number of hydrogen-bond acceptors (Lipinski definition) is 2. The molecule has 0 bridgehead atoms. The molecule has 2 N–H and O–H groups in total. The molecule has 0 spiro atoms. The van der Waals surface area contributed by atoms with Crippen molar-refractivity contribution in [1.82, 2.24) is 5.32 Å². The van der Waals surface area contributed by atoms with Gasteiger partial charge in [0.05, 0.1) is 6.61 Å². The first-order valence-electron chi connectivity index (χ1n) is 4.38. The Labute approximate surface area is 70.0 Å². The molecule has 0 saturated carbocycles. The molecule has 0 atom stereocenters. The minimum Gasteiger partial charge on any atom is -0.395 e. The Morgan fingerprint density at radius 2 is 1.82 bits per heavy atom. The molecule has 0 saturated heterocycles. The van der Waals surface area contributed by atoms with Crippen LogP contribution in [0, 0.1) is 5.41 Å². The molecule has 0 amide bonds. The van der Waals surface area contributed by atoms with E-state index in [-0.39, 0.29) is 6.61 Å². The molecule has 68 valence electrons. The van der Waals surface area contributed by atoms with Crippen LogP contribution in [-0.4, -0.2) is 24.8 Å². The highest BCUT2D eigenvalue weighted by molar-refractivity contribution is 4.61. The van der Waals surface area contributed by atoms with E-state index in [2.05, 4.69) is 26.1 Å². The molecule has 0 aliphatic rings. The standard InChI is InChI=1S/C9H21NO/c1-9(2,3)5-4-6-10-7-8-11/h10-11H,4-8H2,1-3H3. The molecule has 0 heterocycles. The number of rotatable bonds is 5. The van der Waals surface area contributed by atoms with Crippen LogP contribution in [0.25, 0.3) is 0 Å². The zero-order valence-corrected chi connectivity index (χ0v) is 7.98. The van der Waals surface area contributed by atoms with E-state index < -0.39 is 0 Å². The predicted molar refractivity (Wildman–Crippen MR) is 48.6 cm³/mol. The summed E-state index contributed by atoms with van der Waals surface area (Å²) in [5, 5.41) is 11.6. The van der Waals surface area contributed by atoms with Crippen molar-refractivity contribution >= 4 is 0 Å². The van der Waals surface area contributed by atoms with Crippen LogP contribution in [0.2, 0.25) is 0 Å². The van der Waals surface area contributed by atoms with Gasteiger partial charge in [0.1, 0.15) is 0 Å². The minimum atomic E-state index is 0.246. The Balaban J connectivity index is 3.02. The van der Waals surface area contributed by atoms with Crippen LogP contribution < -0.4 is 5.32 Å². The Morgan fingerprint density at radius 3 is 2.27 bits per heavy atom. The molecule has 0 fully saturated rings. The molecule has 0 aromatic heterocycles. The van der Waals surface area contributed by atoms with E-state index in [0.717, 1.165) is 13.1 Å². The maximum atomic E-state index is 8.46. The van der Waals surface area contributed by atoms with Crippen molar-refractivity contribution in [3.8, 4) is 0 Å². The van der Waals surface area contributed by atoms with Crippen LogP contribution >= 0.6 is 0 Å². The van der Waals surface area contributed by atoms with E-state index in [4.69, 9.17) is 5.11 Å². The first kappa shape index (κ1) is 10.9. The quantitative estimate of drug-likeness (QED) is 0.594. The highest BCUT2D eigenvalue weighted by atomic mass is 16.3. The SMILES string of the molecule is CC(C)(C)CCCNCCO. The van der Waals surface area contributed by atoms with Gasteiger partial charge in [-0.3, -0.25) is 0 Å². The summed E-state index contributed by atoms with van der Waals surface area (Å²) in [5.74, 6) is 0. The van der Waals surface area contributed by atoms with Gasteiger partial charge in [-0.2, -0.15) is 0 Å².